The van der Waals surface area contributed by atoms with E-state index >= 15 is 0 Å². The van der Waals surface area contributed by atoms with Gasteiger partial charge in [0.15, 0.2) is 5.78 Å². The van der Waals surface area contributed by atoms with Gasteiger partial charge in [0.1, 0.15) is 5.16 Å². The number of carbonyl (C=O) groups excluding carboxylic acids is 1. The fourth-order valence-electron chi connectivity index (χ4n) is 2.96. The van der Waals surface area contributed by atoms with Crippen LogP contribution in [0.25, 0.3) is 6.08 Å². The first-order valence-electron chi connectivity index (χ1n) is 9.24. The smallest absolute Gasteiger partial charge is 0.308 e. The summed E-state index contributed by atoms with van der Waals surface area (Å²) in [5, 5.41) is -1.23. The van der Waals surface area contributed by atoms with Crippen LogP contribution in [0.5, 0.6) is 0 Å². The third-order valence-corrected chi connectivity index (χ3v) is 7.03. The van der Waals surface area contributed by atoms with Crippen molar-refractivity contribution in [3.8, 4) is 0 Å². The fraction of sp³-hybridized carbons (Fsp3) is 0.476. The molecule has 1 unspecified atom stereocenters. The molecule has 0 aliphatic heterocycles. The monoisotopic (exact) mass is 378 g/mol. The van der Waals surface area contributed by atoms with E-state index in [0.29, 0.717) is 12.8 Å². The molecule has 1 aromatic rings. The predicted molar refractivity (Wildman–Crippen MR) is 108 cm³/mol. The number of hydrogen-bond donors (Lipinski definition) is 0. The lowest BCUT2D eigenvalue weighted by Crippen LogP contribution is -2.39. The van der Waals surface area contributed by atoms with Gasteiger partial charge in [0.05, 0.1) is 13.2 Å². The van der Waals surface area contributed by atoms with Gasteiger partial charge in [0.25, 0.3) is 0 Å². The molecular weight excluding hydrogens is 347 g/mol. The largest absolute Gasteiger partial charge is 0.344 e. The Kier molecular flexibility index (Phi) is 9.79. The summed E-state index contributed by atoms with van der Waals surface area (Å²) >= 11 is 0. The summed E-state index contributed by atoms with van der Waals surface area (Å²) in [6.07, 6.45) is 6.99. The molecule has 5 heteroatoms. The average Bonchev–Trinajstić information content (AvgIpc) is 2.62. The number of Topliss-reactive ketones (excluding diaryl/α,β-unsaturated/α-hetero) is 1. The van der Waals surface area contributed by atoms with Crippen molar-refractivity contribution in [2.75, 3.05) is 13.2 Å². The summed E-state index contributed by atoms with van der Waals surface area (Å²) in [6, 6.07) is 9.80. The molecule has 0 saturated carbocycles. The lowest BCUT2D eigenvalue weighted by molar-refractivity contribution is -0.122. The van der Waals surface area contributed by atoms with Crippen LogP contribution in [0.15, 0.2) is 49.1 Å². The van der Waals surface area contributed by atoms with Crippen LogP contribution in [0, 0.1) is 0 Å². The van der Waals surface area contributed by atoms with Gasteiger partial charge in [-0.1, -0.05) is 55.5 Å². The van der Waals surface area contributed by atoms with E-state index in [2.05, 4.69) is 6.58 Å². The molecular formula is C21H31O4P. The van der Waals surface area contributed by atoms with Crippen molar-refractivity contribution < 1.29 is 18.4 Å². The Morgan fingerprint density at radius 3 is 2.23 bits per heavy atom. The zero-order chi connectivity index (χ0) is 19.5. The molecule has 0 fully saturated rings. The zero-order valence-corrected chi connectivity index (χ0v) is 17.0. The Morgan fingerprint density at radius 1 is 1.12 bits per heavy atom. The van der Waals surface area contributed by atoms with Crippen molar-refractivity contribution >= 4 is 19.5 Å². The second kappa shape index (κ2) is 11.3. The van der Waals surface area contributed by atoms with E-state index in [0.717, 1.165) is 5.56 Å². The zero-order valence-electron chi connectivity index (χ0n) is 16.1. The first-order chi connectivity index (χ1) is 12.5. The van der Waals surface area contributed by atoms with Gasteiger partial charge < -0.3 is 9.05 Å². The van der Waals surface area contributed by atoms with Gasteiger partial charge in [0, 0.05) is 6.42 Å². The number of benzene rings is 1. The first kappa shape index (κ1) is 22.6. The molecule has 0 saturated heterocycles. The fourth-order valence-corrected chi connectivity index (χ4v) is 5.31. The van der Waals surface area contributed by atoms with Crippen molar-refractivity contribution in [2.24, 2.45) is 0 Å². The minimum absolute atomic E-state index is 0.0946. The van der Waals surface area contributed by atoms with Crippen LogP contribution in [0.4, 0.5) is 0 Å². The lowest BCUT2D eigenvalue weighted by Gasteiger charge is -2.36. The van der Waals surface area contributed by atoms with Crippen LogP contribution < -0.4 is 0 Å². The lowest BCUT2D eigenvalue weighted by atomic mass is 9.92. The second-order valence-electron chi connectivity index (χ2n) is 6.05. The highest BCUT2D eigenvalue weighted by Gasteiger charge is 2.54. The summed E-state index contributed by atoms with van der Waals surface area (Å²) in [7, 11) is -3.66. The van der Waals surface area contributed by atoms with E-state index in [9.17, 15) is 9.36 Å². The van der Waals surface area contributed by atoms with Crippen LogP contribution in [-0.4, -0.2) is 24.2 Å². The molecule has 0 N–H and O–H groups in total. The SMILES string of the molecule is C=CCC(C/C=C/c1ccccc1)(C(=O)CCC)P(=O)(OCC)OCC. The van der Waals surface area contributed by atoms with Crippen LogP contribution >= 0.6 is 7.60 Å². The minimum atomic E-state index is -3.66. The van der Waals surface area contributed by atoms with Crippen molar-refractivity contribution in [1.82, 2.24) is 0 Å². The molecule has 0 aliphatic rings. The highest BCUT2D eigenvalue weighted by atomic mass is 31.2. The van der Waals surface area contributed by atoms with Crippen molar-refractivity contribution in [2.45, 2.75) is 51.6 Å². The van der Waals surface area contributed by atoms with Crippen molar-refractivity contribution in [3.63, 3.8) is 0 Å². The number of carbonyl (C=O) groups is 1. The second-order valence-corrected chi connectivity index (χ2v) is 8.42. The van der Waals surface area contributed by atoms with Gasteiger partial charge in [-0.3, -0.25) is 9.36 Å². The highest BCUT2D eigenvalue weighted by molar-refractivity contribution is 7.56. The van der Waals surface area contributed by atoms with Gasteiger partial charge in [0.2, 0.25) is 0 Å². The third-order valence-electron chi connectivity index (χ3n) is 4.17. The maximum Gasteiger partial charge on any atom is 0.344 e. The van der Waals surface area contributed by atoms with Gasteiger partial charge in [-0.15, -0.1) is 6.58 Å². The molecule has 0 bridgehead atoms. The Hall–Kier alpha value is -1.48. The normalized spacial score (nSPS) is 14.3. The molecule has 1 atom stereocenters. The molecule has 0 amide bonds. The van der Waals surface area contributed by atoms with E-state index in [1.165, 1.54) is 0 Å². The predicted octanol–water partition coefficient (Wildman–Crippen LogP) is 6.04. The number of allylic oxidation sites excluding steroid dienone is 2. The Bertz CT molecular complexity index is 629. The Morgan fingerprint density at radius 2 is 1.73 bits per heavy atom. The Balaban J connectivity index is 3.32. The van der Waals surface area contributed by atoms with E-state index in [1.807, 2.05) is 49.4 Å². The maximum atomic E-state index is 13.6. The van der Waals surface area contributed by atoms with Gasteiger partial charge in [-0.25, -0.2) is 0 Å². The first-order valence-corrected chi connectivity index (χ1v) is 10.8. The number of ketones is 1. The topological polar surface area (TPSA) is 52.6 Å². The van der Waals surface area contributed by atoms with Crippen LogP contribution in [0.2, 0.25) is 0 Å². The summed E-state index contributed by atoms with van der Waals surface area (Å²) in [5.41, 5.74) is 1.02. The molecule has 0 radical (unpaired) electrons. The van der Waals surface area contributed by atoms with E-state index in [-0.39, 0.29) is 31.8 Å². The van der Waals surface area contributed by atoms with Gasteiger partial charge in [-0.05, 0) is 38.7 Å². The molecule has 0 heterocycles. The van der Waals surface area contributed by atoms with Crippen LogP contribution in [0.3, 0.4) is 0 Å². The quantitative estimate of drug-likeness (QED) is 0.310. The van der Waals surface area contributed by atoms with E-state index in [1.54, 1.807) is 19.9 Å². The van der Waals surface area contributed by atoms with E-state index < -0.39 is 12.8 Å². The standard InChI is InChI=1S/C21H31O4P/c1-5-13-20(22)21(17-6-2,26(23,24-7-3)25-8-4)18-12-16-19-14-10-9-11-15-19/h6,9-12,14-16H,2,5,7-8,13,17-18H2,1,3-4H3/b16-12+. The molecule has 4 nitrogen and oxygen atoms in total. The molecule has 144 valence electrons. The van der Waals surface area contributed by atoms with Gasteiger partial charge >= 0.3 is 7.60 Å². The van der Waals surface area contributed by atoms with Crippen molar-refractivity contribution in [3.05, 3.63) is 54.6 Å². The molecule has 1 aromatic carbocycles. The van der Waals surface area contributed by atoms with Crippen molar-refractivity contribution in [1.29, 1.82) is 0 Å². The van der Waals surface area contributed by atoms with Crippen LogP contribution in [0.1, 0.15) is 52.0 Å². The van der Waals surface area contributed by atoms with Gasteiger partial charge in [-0.2, -0.15) is 0 Å². The molecule has 26 heavy (non-hydrogen) atoms. The molecule has 1 rings (SSSR count). The molecule has 0 aromatic heterocycles. The highest BCUT2D eigenvalue weighted by Crippen LogP contribution is 2.64. The average molecular weight is 378 g/mol. The maximum absolute atomic E-state index is 13.6. The Labute approximate surface area is 157 Å². The van der Waals surface area contributed by atoms with E-state index in [4.69, 9.17) is 9.05 Å². The molecule has 0 aliphatic carbocycles. The van der Waals surface area contributed by atoms with Crippen LogP contribution in [-0.2, 0) is 18.4 Å². The number of hydrogen-bond acceptors (Lipinski definition) is 4. The molecule has 0 spiro atoms. The summed E-state index contributed by atoms with van der Waals surface area (Å²) < 4.78 is 24.8. The summed E-state index contributed by atoms with van der Waals surface area (Å²) in [5.74, 6) is -0.0946. The summed E-state index contributed by atoms with van der Waals surface area (Å²) in [4.78, 5) is 13.1. The third kappa shape index (κ3) is 5.51. The number of rotatable bonds is 13. The summed E-state index contributed by atoms with van der Waals surface area (Å²) in [6.45, 7) is 9.67. The minimum Gasteiger partial charge on any atom is -0.308 e.